The predicted octanol–water partition coefficient (Wildman–Crippen LogP) is 2.57. The highest BCUT2D eigenvalue weighted by Crippen LogP contribution is 2.16. The van der Waals surface area contributed by atoms with E-state index in [1.165, 1.54) is 0 Å². The first-order chi connectivity index (χ1) is 10.7. The van der Waals surface area contributed by atoms with Gasteiger partial charge in [0.1, 0.15) is 5.82 Å². The van der Waals surface area contributed by atoms with E-state index in [1.54, 1.807) is 6.20 Å². The maximum atomic E-state index is 11.7. The summed E-state index contributed by atoms with van der Waals surface area (Å²) in [5.74, 6) is 1.74. The zero-order valence-electron chi connectivity index (χ0n) is 12.7. The molecule has 2 heterocycles. The van der Waals surface area contributed by atoms with Crippen LogP contribution in [0.5, 0.6) is 0 Å². The quantitative estimate of drug-likeness (QED) is 0.921. The first-order valence-electron chi connectivity index (χ1n) is 7.65. The van der Waals surface area contributed by atoms with Crippen molar-refractivity contribution in [1.29, 1.82) is 0 Å². The van der Waals surface area contributed by atoms with Crippen LogP contribution in [0.25, 0.3) is 11.4 Å². The summed E-state index contributed by atoms with van der Waals surface area (Å²) < 4.78 is 0. The van der Waals surface area contributed by atoms with Gasteiger partial charge in [-0.15, -0.1) is 0 Å². The van der Waals surface area contributed by atoms with Crippen LogP contribution < -0.4 is 5.32 Å². The Labute approximate surface area is 130 Å². The number of carbonyl (C=O) groups is 1. The van der Waals surface area contributed by atoms with Gasteiger partial charge in [0, 0.05) is 37.3 Å². The lowest BCUT2D eigenvalue weighted by Crippen LogP contribution is -2.35. The molecule has 3 rings (SSSR count). The Bertz CT molecular complexity index is 644. The number of likely N-dealkylation sites (tertiary alicyclic amines) is 1. The molecule has 22 heavy (non-hydrogen) atoms. The molecule has 1 aliphatic heterocycles. The molecule has 1 aliphatic rings. The number of hydrogen-bond acceptors (Lipinski definition) is 4. The molecule has 1 amide bonds. The van der Waals surface area contributed by atoms with E-state index in [1.807, 2.05) is 41.3 Å². The molecular formula is C17H20N4O. The van der Waals surface area contributed by atoms with Crippen molar-refractivity contribution in [1.82, 2.24) is 14.9 Å². The maximum Gasteiger partial charge on any atom is 0.222 e. The first-order valence-corrected chi connectivity index (χ1v) is 7.65. The topological polar surface area (TPSA) is 58.1 Å². The SMILES string of the molecule is C[C@H](CN1CCCC1=O)Nc1ccnc(-c2ccccc2)n1. The lowest BCUT2D eigenvalue weighted by molar-refractivity contribution is -0.127. The lowest BCUT2D eigenvalue weighted by atomic mass is 10.2. The molecule has 0 aliphatic carbocycles. The summed E-state index contributed by atoms with van der Waals surface area (Å²) in [5, 5.41) is 3.35. The van der Waals surface area contributed by atoms with Gasteiger partial charge in [-0.3, -0.25) is 4.79 Å². The van der Waals surface area contributed by atoms with Crippen LogP contribution in [0.3, 0.4) is 0 Å². The van der Waals surface area contributed by atoms with Crippen LogP contribution >= 0.6 is 0 Å². The Morgan fingerprint density at radius 3 is 2.82 bits per heavy atom. The van der Waals surface area contributed by atoms with Gasteiger partial charge in [0.15, 0.2) is 5.82 Å². The zero-order valence-corrected chi connectivity index (χ0v) is 12.7. The Kier molecular flexibility index (Phi) is 4.32. The molecule has 0 saturated carbocycles. The van der Waals surface area contributed by atoms with Crippen LogP contribution in [-0.4, -0.2) is 39.9 Å². The fourth-order valence-corrected chi connectivity index (χ4v) is 2.69. The van der Waals surface area contributed by atoms with E-state index in [0.717, 1.165) is 24.3 Å². The molecule has 114 valence electrons. The molecule has 1 fully saturated rings. The summed E-state index contributed by atoms with van der Waals surface area (Å²) in [6.45, 7) is 3.64. The Balaban J connectivity index is 1.66. The molecule has 1 aromatic heterocycles. The van der Waals surface area contributed by atoms with E-state index in [-0.39, 0.29) is 11.9 Å². The summed E-state index contributed by atoms with van der Waals surface area (Å²) in [4.78, 5) is 22.5. The molecule has 0 spiro atoms. The average molecular weight is 296 g/mol. The van der Waals surface area contributed by atoms with Crippen molar-refractivity contribution in [3.05, 3.63) is 42.6 Å². The van der Waals surface area contributed by atoms with Crippen molar-refractivity contribution >= 4 is 11.7 Å². The number of amides is 1. The van der Waals surface area contributed by atoms with E-state index < -0.39 is 0 Å². The fraction of sp³-hybridized carbons (Fsp3) is 0.353. The minimum atomic E-state index is 0.153. The summed E-state index contributed by atoms with van der Waals surface area (Å²) >= 11 is 0. The third kappa shape index (κ3) is 3.42. The number of aromatic nitrogens is 2. The standard InChI is InChI=1S/C17H20N4O/c1-13(12-21-11-5-8-16(21)22)19-15-9-10-18-17(20-15)14-6-3-2-4-7-14/h2-4,6-7,9-10,13H,5,8,11-12H2,1H3,(H,18,19,20)/t13-/m1/s1. The molecule has 0 radical (unpaired) electrons. The zero-order chi connectivity index (χ0) is 15.4. The second-order valence-corrected chi connectivity index (χ2v) is 5.62. The van der Waals surface area contributed by atoms with E-state index in [2.05, 4.69) is 22.2 Å². The van der Waals surface area contributed by atoms with Crippen LogP contribution in [0.15, 0.2) is 42.6 Å². The summed E-state index contributed by atoms with van der Waals surface area (Å²) in [5.41, 5.74) is 0.994. The second-order valence-electron chi connectivity index (χ2n) is 5.62. The fourth-order valence-electron chi connectivity index (χ4n) is 2.69. The molecule has 1 atom stereocenters. The molecule has 1 saturated heterocycles. The smallest absolute Gasteiger partial charge is 0.222 e. The maximum absolute atomic E-state index is 11.7. The highest BCUT2D eigenvalue weighted by Gasteiger charge is 2.21. The van der Waals surface area contributed by atoms with Gasteiger partial charge >= 0.3 is 0 Å². The Morgan fingerprint density at radius 1 is 1.27 bits per heavy atom. The largest absolute Gasteiger partial charge is 0.366 e. The van der Waals surface area contributed by atoms with Gasteiger partial charge in [-0.1, -0.05) is 30.3 Å². The van der Waals surface area contributed by atoms with Crippen LogP contribution in [0.2, 0.25) is 0 Å². The van der Waals surface area contributed by atoms with Gasteiger partial charge < -0.3 is 10.2 Å². The van der Waals surface area contributed by atoms with Crippen LogP contribution in [0.4, 0.5) is 5.82 Å². The normalized spacial score (nSPS) is 15.9. The highest BCUT2D eigenvalue weighted by molar-refractivity contribution is 5.78. The molecule has 0 unspecified atom stereocenters. The van der Waals surface area contributed by atoms with E-state index in [4.69, 9.17) is 0 Å². The van der Waals surface area contributed by atoms with Gasteiger partial charge in [-0.2, -0.15) is 0 Å². The van der Waals surface area contributed by atoms with Crippen molar-refractivity contribution < 1.29 is 4.79 Å². The monoisotopic (exact) mass is 296 g/mol. The number of benzene rings is 1. The van der Waals surface area contributed by atoms with Gasteiger partial charge in [0.2, 0.25) is 5.91 Å². The molecule has 5 heteroatoms. The van der Waals surface area contributed by atoms with E-state index in [9.17, 15) is 4.79 Å². The molecule has 5 nitrogen and oxygen atoms in total. The number of hydrogen-bond donors (Lipinski definition) is 1. The summed E-state index contributed by atoms with van der Waals surface area (Å²) in [7, 11) is 0. The van der Waals surface area contributed by atoms with E-state index in [0.29, 0.717) is 18.8 Å². The number of nitrogens with zero attached hydrogens (tertiary/aromatic N) is 3. The number of rotatable bonds is 5. The first kappa shape index (κ1) is 14.5. The predicted molar refractivity (Wildman–Crippen MR) is 86.4 cm³/mol. The number of carbonyl (C=O) groups excluding carboxylic acids is 1. The molecular weight excluding hydrogens is 276 g/mol. The minimum Gasteiger partial charge on any atom is -0.366 e. The van der Waals surface area contributed by atoms with Crippen molar-refractivity contribution in [3.63, 3.8) is 0 Å². The third-order valence-corrected chi connectivity index (χ3v) is 3.75. The van der Waals surface area contributed by atoms with Gasteiger partial charge in [0.05, 0.1) is 0 Å². The van der Waals surface area contributed by atoms with Crippen LogP contribution in [0.1, 0.15) is 19.8 Å². The average Bonchev–Trinajstić information content (AvgIpc) is 2.93. The van der Waals surface area contributed by atoms with Gasteiger partial charge in [0.25, 0.3) is 0 Å². The van der Waals surface area contributed by atoms with Gasteiger partial charge in [-0.25, -0.2) is 9.97 Å². The van der Waals surface area contributed by atoms with Crippen molar-refractivity contribution in [2.45, 2.75) is 25.8 Å². The molecule has 0 bridgehead atoms. The highest BCUT2D eigenvalue weighted by atomic mass is 16.2. The molecule has 1 aromatic carbocycles. The minimum absolute atomic E-state index is 0.153. The lowest BCUT2D eigenvalue weighted by Gasteiger charge is -2.22. The van der Waals surface area contributed by atoms with Crippen molar-refractivity contribution in [2.75, 3.05) is 18.4 Å². The Hall–Kier alpha value is -2.43. The van der Waals surface area contributed by atoms with Gasteiger partial charge in [-0.05, 0) is 19.4 Å². The van der Waals surface area contributed by atoms with E-state index >= 15 is 0 Å². The molecule has 2 aromatic rings. The number of anilines is 1. The van der Waals surface area contributed by atoms with Crippen molar-refractivity contribution in [3.8, 4) is 11.4 Å². The third-order valence-electron chi connectivity index (χ3n) is 3.75. The van der Waals surface area contributed by atoms with Crippen molar-refractivity contribution in [2.24, 2.45) is 0 Å². The van der Waals surface area contributed by atoms with Crippen LogP contribution in [0, 0.1) is 0 Å². The number of nitrogens with one attached hydrogen (secondary N) is 1. The second kappa shape index (κ2) is 6.56. The molecule has 1 N–H and O–H groups in total. The Morgan fingerprint density at radius 2 is 2.09 bits per heavy atom. The summed E-state index contributed by atoms with van der Waals surface area (Å²) in [6, 6.07) is 11.9. The van der Waals surface area contributed by atoms with Crippen LogP contribution in [-0.2, 0) is 4.79 Å². The summed E-state index contributed by atoms with van der Waals surface area (Å²) in [6.07, 6.45) is 3.40.